The number of piperidine rings is 1. The zero-order valence-electron chi connectivity index (χ0n) is 18.8. The molecule has 4 heterocycles. The van der Waals surface area contributed by atoms with E-state index in [0.29, 0.717) is 24.5 Å². The topological polar surface area (TPSA) is 118 Å². The van der Waals surface area contributed by atoms with Crippen LogP contribution in [0.2, 0.25) is 0 Å². The summed E-state index contributed by atoms with van der Waals surface area (Å²) in [6.07, 6.45) is 1.73. The molecule has 0 bridgehead atoms. The average Bonchev–Trinajstić information content (AvgIpc) is 3.54. The Hall–Kier alpha value is -2.80. The van der Waals surface area contributed by atoms with E-state index in [2.05, 4.69) is 20.8 Å². The van der Waals surface area contributed by atoms with Crippen LogP contribution in [0.15, 0.2) is 28.9 Å². The van der Waals surface area contributed by atoms with Crippen LogP contribution < -0.4 is 5.32 Å². The van der Waals surface area contributed by atoms with Crippen molar-refractivity contribution in [2.75, 3.05) is 19.7 Å². The molecule has 4 atom stereocenters. The maximum Gasteiger partial charge on any atom is 0.194 e. The normalized spacial score (nSPS) is 25.7. The highest BCUT2D eigenvalue weighted by molar-refractivity contribution is 5.57. The number of hydrogen-bond donors (Lipinski definition) is 3. The van der Waals surface area contributed by atoms with Gasteiger partial charge < -0.3 is 24.8 Å². The maximum atomic E-state index is 13.7. The molecule has 0 unspecified atom stereocenters. The Morgan fingerprint density at radius 3 is 2.57 bits per heavy atom. The van der Waals surface area contributed by atoms with Gasteiger partial charge >= 0.3 is 0 Å². The van der Waals surface area contributed by atoms with Gasteiger partial charge in [0.15, 0.2) is 17.5 Å². The lowest BCUT2D eigenvalue weighted by Gasteiger charge is -2.38. The summed E-state index contributed by atoms with van der Waals surface area (Å²) in [6.45, 7) is 1.45. The molecule has 3 aromatic rings. The highest BCUT2D eigenvalue weighted by Crippen LogP contribution is 2.33. The third-order valence-corrected chi connectivity index (χ3v) is 6.71. The quantitative estimate of drug-likeness (QED) is 0.447. The average molecular weight is 493 g/mol. The summed E-state index contributed by atoms with van der Waals surface area (Å²) >= 11 is 0. The van der Waals surface area contributed by atoms with Gasteiger partial charge in [-0.15, -0.1) is 5.10 Å². The van der Waals surface area contributed by atoms with Gasteiger partial charge in [-0.1, -0.05) is 10.4 Å². The summed E-state index contributed by atoms with van der Waals surface area (Å²) < 4.78 is 53.5. The molecular formula is C23H26F3N5O4. The third kappa shape index (κ3) is 4.96. The lowest BCUT2D eigenvalue weighted by atomic mass is 9.92. The molecule has 0 amide bonds. The van der Waals surface area contributed by atoms with E-state index in [1.54, 1.807) is 0 Å². The van der Waals surface area contributed by atoms with E-state index in [9.17, 15) is 23.4 Å². The van der Waals surface area contributed by atoms with Crippen molar-refractivity contribution in [1.82, 2.24) is 25.5 Å². The Labute approximate surface area is 198 Å². The molecule has 2 aromatic heterocycles. The summed E-state index contributed by atoms with van der Waals surface area (Å²) in [7, 11) is 0. The molecule has 2 saturated heterocycles. The van der Waals surface area contributed by atoms with Gasteiger partial charge in [-0.05, 0) is 44.5 Å². The van der Waals surface area contributed by atoms with Crippen molar-refractivity contribution in [2.45, 2.75) is 56.0 Å². The van der Waals surface area contributed by atoms with E-state index in [4.69, 9.17) is 9.26 Å². The van der Waals surface area contributed by atoms with E-state index in [0.717, 1.165) is 43.8 Å². The number of aliphatic hydroxyl groups is 2. The first-order chi connectivity index (χ1) is 16.9. The Bertz CT molecular complexity index is 1140. The van der Waals surface area contributed by atoms with E-state index < -0.39 is 48.4 Å². The number of benzene rings is 1. The first-order valence-electron chi connectivity index (χ1n) is 11.6. The van der Waals surface area contributed by atoms with Crippen molar-refractivity contribution in [3.8, 4) is 11.3 Å². The number of rotatable bonds is 6. The lowest BCUT2D eigenvalue weighted by Crippen LogP contribution is -2.48. The first-order valence-corrected chi connectivity index (χ1v) is 11.6. The highest BCUT2D eigenvalue weighted by atomic mass is 19.2. The maximum absolute atomic E-state index is 13.7. The second-order valence-corrected chi connectivity index (χ2v) is 9.06. The van der Waals surface area contributed by atoms with Crippen LogP contribution in [0.1, 0.15) is 42.7 Å². The summed E-state index contributed by atoms with van der Waals surface area (Å²) in [4.78, 5) is 0. The van der Waals surface area contributed by atoms with Gasteiger partial charge in [0.25, 0.3) is 0 Å². The Morgan fingerprint density at radius 2 is 1.86 bits per heavy atom. The molecule has 5 rings (SSSR count). The molecule has 0 saturated carbocycles. The number of halogens is 3. The Balaban J connectivity index is 1.33. The van der Waals surface area contributed by atoms with Gasteiger partial charge in [-0.2, -0.15) is 0 Å². The van der Waals surface area contributed by atoms with Crippen molar-refractivity contribution in [3.05, 3.63) is 53.3 Å². The van der Waals surface area contributed by atoms with Gasteiger partial charge in [0.05, 0.1) is 30.6 Å². The second-order valence-electron chi connectivity index (χ2n) is 9.06. The van der Waals surface area contributed by atoms with Crippen LogP contribution in [0.25, 0.3) is 11.3 Å². The zero-order chi connectivity index (χ0) is 24.5. The van der Waals surface area contributed by atoms with E-state index in [1.165, 1.54) is 10.9 Å². The molecular weight excluding hydrogens is 467 g/mol. The molecule has 35 heavy (non-hydrogen) atoms. The predicted octanol–water partition coefficient (Wildman–Crippen LogP) is 2.11. The van der Waals surface area contributed by atoms with Crippen LogP contribution in [0.5, 0.6) is 0 Å². The fraction of sp³-hybridized carbons (Fsp3) is 0.522. The van der Waals surface area contributed by atoms with Crippen molar-refractivity contribution < 1.29 is 32.6 Å². The molecule has 3 N–H and O–H groups in total. The van der Waals surface area contributed by atoms with Crippen LogP contribution in [0.4, 0.5) is 13.2 Å². The lowest BCUT2D eigenvalue weighted by molar-refractivity contribution is -0.155. The molecule has 12 heteroatoms. The second kappa shape index (κ2) is 10.1. The number of nitrogens with zero attached hydrogens (tertiary/aromatic N) is 4. The van der Waals surface area contributed by atoms with Gasteiger partial charge in [-0.3, -0.25) is 0 Å². The van der Waals surface area contributed by atoms with Crippen molar-refractivity contribution in [2.24, 2.45) is 0 Å². The molecule has 1 aromatic carbocycles. The third-order valence-electron chi connectivity index (χ3n) is 6.71. The molecule has 188 valence electrons. The van der Waals surface area contributed by atoms with Crippen LogP contribution >= 0.6 is 0 Å². The van der Waals surface area contributed by atoms with Crippen molar-refractivity contribution in [1.29, 1.82) is 0 Å². The number of aromatic nitrogens is 4. The molecule has 0 radical (unpaired) electrons. The largest absolute Gasteiger partial charge is 0.394 e. The molecule has 2 fully saturated rings. The number of nitrogens with one attached hydrogen (secondary N) is 1. The van der Waals surface area contributed by atoms with Crippen molar-refractivity contribution in [3.63, 3.8) is 0 Å². The minimum Gasteiger partial charge on any atom is -0.394 e. The van der Waals surface area contributed by atoms with Crippen LogP contribution in [-0.4, -0.2) is 68.4 Å². The molecule has 2 aliphatic heterocycles. The monoisotopic (exact) mass is 493 g/mol. The van der Waals surface area contributed by atoms with Crippen molar-refractivity contribution >= 4 is 0 Å². The van der Waals surface area contributed by atoms with E-state index in [-0.39, 0.29) is 11.3 Å². The minimum atomic E-state index is -1.56. The number of hydrogen-bond acceptors (Lipinski definition) is 8. The highest BCUT2D eigenvalue weighted by Gasteiger charge is 2.39. The van der Waals surface area contributed by atoms with E-state index >= 15 is 0 Å². The van der Waals surface area contributed by atoms with Crippen LogP contribution in [0.3, 0.4) is 0 Å². The van der Waals surface area contributed by atoms with Gasteiger partial charge in [0, 0.05) is 24.0 Å². The van der Waals surface area contributed by atoms with Gasteiger partial charge in [0.1, 0.15) is 23.7 Å². The SMILES string of the molecule is OC[C@H]1O[C@@H](Cc2cc(C3CCNCC3)on2)C[C@H](n2cc(-c3cc(F)c(F)c(F)c3)nn2)[C@H]1O. The molecule has 9 nitrogen and oxygen atoms in total. The van der Waals surface area contributed by atoms with Crippen LogP contribution in [0, 0.1) is 17.5 Å². The summed E-state index contributed by atoms with van der Waals surface area (Å²) in [6, 6.07) is 2.96. The first kappa shape index (κ1) is 23.9. The molecule has 0 spiro atoms. The number of ether oxygens (including phenoxy) is 1. The predicted molar refractivity (Wildman–Crippen MR) is 116 cm³/mol. The van der Waals surface area contributed by atoms with E-state index in [1.807, 2.05) is 6.07 Å². The fourth-order valence-corrected chi connectivity index (χ4v) is 4.82. The van der Waals surface area contributed by atoms with Gasteiger partial charge in [-0.25, -0.2) is 17.9 Å². The fourth-order valence-electron chi connectivity index (χ4n) is 4.82. The Morgan fingerprint density at radius 1 is 1.11 bits per heavy atom. The van der Waals surface area contributed by atoms with Crippen LogP contribution in [-0.2, 0) is 11.2 Å². The minimum absolute atomic E-state index is 0.0116. The number of aliphatic hydroxyl groups excluding tert-OH is 2. The zero-order valence-corrected chi connectivity index (χ0v) is 18.8. The smallest absolute Gasteiger partial charge is 0.194 e. The standard InChI is InChI=1S/C23H26F3N5O4/c24-16-5-13(6-17(25)22(16)26)18-10-31(30-28-18)19-9-15(34-21(11-32)23(19)33)7-14-8-20(35-29-14)12-1-3-27-4-2-12/h5-6,8,10,12,15,19,21,23,27,32-33H,1-4,7,9,11H2/t15-,19-,21+,23+/m0/s1. The Kier molecular flexibility index (Phi) is 6.87. The summed E-state index contributed by atoms with van der Waals surface area (Å²) in [5.74, 6) is -3.08. The molecule has 0 aliphatic carbocycles. The summed E-state index contributed by atoms with van der Waals surface area (Å²) in [5.41, 5.74) is 0.839. The molecule has 2 aliphatic rings. The summed E-state index contributed by atoms with van der Waals surface area (Å²) in [5, 5.41) is 36.0. The van der Waals surface area contributed by atoms with Gasteiger partial charge in [0.2, 0.25) is 0 Å².